The minimum Gasteiger partial charge on any atom is -0.479 e. The van der Waals surface area contributed by atoms with Crippen LogP contribution in [-0.4, -0.2) is 31.0 Å². The van der Waals surface area contributed by atoms with Crippen molar-refractivity contribution in [1.82, 2.24) is 4.89 Å². The lowest BCUT2D eigenvalue weighted by atomic mass is 10.3. The molecule has 2 N–H and O–H groups in total. The van der Waals surface area contributed by atoms with Crippen LogP contribution in [0.2, 0.25) is 0 Å². The predicted molar refractivity (Wildman–Crippen MR) is 57.0 cm³/mol. The molecule has 0 spiro atoms. The van der Waals surface area contributed by atoms with E-state index in [1.807, 2.05) is 0 Å². The normalized spacial score (nSPS) is 11.2. The number of hydrogen-bond acceptors (Lipinski definition) is 6. The maximum Gasteiger partial charge on any atom is 0.331 e. The van der Waals surface area contributed by atoms with E-state index in [1.54, 1.807) is 0 Å². The number of nitro benzene ring substituents is 1. The summed E-state index contributed by atoms with van der Waals surface area (Å²) < 4.78 is 36.4. The maximum atomic E-state index is 13.2. The minimum atomic E-state index is -4.57. The van der Waals surface area contributed by atoms with Crippen molar-refractivity contribution in [2.45, 2.75) is 4.90 Å². The summed E-state index contributed by atoms with van der Waals surface area (Å²) in [7, 11) is -4.57. The van der Waals surface area contributed by atoms with Gasteiger partial charge in [0, 0.05) is 0 Å². The summed E-state index contributed by atoms with van der Waals surface area (Å²) in [5.41, 5.74) is -1.26. The van der Waals surface area contributed by atoms with Crippen LogP contribution in [0.3, 0.4) is 0 Å². The Bertz CT molecular complexity index is 616. The Morgan fingerprint density at radius 2 is 2.16 bits per heavy atom. The molecule has 0 aliphatic rings. The van der Waals surface area contributed by atoms with E-state index in [0.29, 0.717) is 0 Å². The van der Waals surface area contributed by atoms with E-state index in [4.69, 9.17) is 5.11 Å². The minimum absolute atomic E-state index is 0.718. The highest BCUT2D eigenvalue weighted by Crippen LogP contribution is 2.26. The smallest absolute Gasteiger partial charge is 0.331 e. The molecule has 0 atom stereocenters. The van der Waals surface area contributed by atoms with Gasteiger partial charge < -0.3 is 5.11 Å². The highest BCUT2D eigenvalue weighted by Gasteiger charge is 2.29. The van der Waals surface area contributed by atoms with Gasteiger partial charge in [0.15, 0.2) is 11.5 Å². The number of para-hydroxylation sites is 1. The molecule has 0 unspecified atom stereocenters. The number of aliphatic carboxylic acids is 1. The van der Waals surface area contributed by atoms with Gasteiger partial charge in [0.1, 0.15) is 0 Å². The van der Waals surface area contributed by atoms with Crippen LogP contribution in [0.5, 0.6) is 0 Å². The second kappa shape index (κ2) is 5.69. The SMILES string of the molecule is O=C(O)CONS(=O)(=O)c1cccc(F)c1[N+](=O)[O-]. The Kier molecular flexibility index (Phi) is 4.47. The highest BCUT2D eigenvalue weighted by molar-refractivity contribution is 7.89. The van der Waals surface area contributed by atoms with E-state index in [0.717, 1.165) is 18.2 Å². The van der Waals surface area contributed by atoms with Gasteiger partial charge in [-0.25, -0.2) is 13.2 Å². The molecule has 1 rings (SSSR count). The van der Waals surface area contributed by atoms with Gasteiger partial charge in [-0.2, -0.15) is 4.39 Å². The molecule has 0 aromatic heterocycles. The molecule has 0 fully saturated rings. The quantitative estimate of drug-likeness (QED) is 0.557. The van der Waals surface area contributed by atoms with Crippen LogP contribution in [0.1, 0.15) is 0 Å². The lowest BCUT2D eigenvalue weighted by Crippen LogP contribution is -2.27. The first-order chi connectivity index (χ1) is 8.75. The zero-order valence-corrected chi connectivity index (χ0v) is 9.89. The monoisotopic (exact) mass is 294 g/mol. The van der Waals surface area contributed by atoms with E-state index < -0.39 is 43.9 Å². The Morgan fingerprint density at radius 1 is 1.53 bits per heavy atom. The molecule has 1 aromatic carbocycles. The van der Waals surface area contributed by atoms with Crippen molar-refractivity contribution in [3.8, 4) is 0 Å². The fourth-order valence-electron chi connectivity index (χ4n) is 1.10. The van der Waals surface area contributed by atoms with Crippen molar-refractivity contribution in [3.63, 3.8) is 0 Å². The van der Waals surface area contributed by atoms with Crippen molar-refractivity contribution < 1.29 is 32.5 Å². The lowest BCUT2D eigenvalue weighted by molar-refractivity contribution is -0.390. The van der Waals surface area contributed by atoms with E-state index >= 15 is 0 Å². The van der Waals surface area contributed by atoms with Gasteiger partial charge in [-0.3, -0.25) is 15.0 Å². The molecule has 11 heteroatoms. The number of carboxylic acids is 1. The third kappa shape index (κ3) is 3.67. The predicted octanol–water partition coefficient (Wildman–Crippen LogP) is 0.0284. The highest BCUT2D eigenvalue weighted by atomic mass is 32.2. The Balaban J connectivity index is 3.11. The fraction of sp³-hybridized carbons (Fsp3) is 0.125. The van der Waals surface area contributed by atoms with E-state index in [2.05, 4.69) is 4.84 Å². The van der Waals surface area contributed by atoms with Crippen molar-refractivity contribution in [2.75, 3.05) is 6.61 Å². The van der Waals surface area contributed by atoms with Crippen molar-refractivity contribution >= 4 is 21.7 Å². The lowest BCUT2D eigenvalue weighted by Gasteiger charge is -2.06. The van der Waals surface area contributed by atoms with Gasteiger partial charge in [-0.1, -0.05) is 11.0 Å². The maximum absolute atomic E-state index is 13.2. The van der Waals surface area contributed by atoms with Crippen molar-refractivity contribution in [2.24, 2.45) is 0 Å². The molecule has 0 radical (unpaired) electrons. The van der Waals surface area contributed by atoms with Crippen LogP contribution in [0.15, 0.2) is 23.1 Å². The zero-order chi connectivity index (χ0) is 14.6. The number of nitrogens with one attached hydrogen (secondary N) is 1. The van der Waals surface area contributed by atoms with Gasteiger partial charge in [-0.15, -0.1) is 0 Å². The molecule has 0 heterocycles. The molecule has 19 heavy (non-hydrogen) atoms. The molecular formula is C8H7FN2O7S. The molecule has 0 aliphatic heterocycles. The summed E-state index contributed by atoms with van der Waals surface area (Å²) in [6.07, 6.45) is 0. The number of rotatable bonds is 6. The molecule has 0 amide bonds. The van der Waals surface area contributed by atoms with E-state index in [1.165, 1.54) is 4.89 Å². The van der Waals surface area contributed by atoms with Crippen LogP contribution in [0.25, 0.3) is 0 Å². The molecule has 1 aromatic rings. The molecular weight excluding hydrogens is 287 g/mol. The third-order valence-corrected chi connectivity index (χ3v) is 3.03. The largest absolute Gasteiger partial charge is 0.479 e. The summed E-state index contributed by atoms with van der Waals surface area (Å²) in [6, 6.07) is 2.46. The molecule has 0 saturated heterocycles. The topological polar surface area (TPSA) is 136 Å². The number of halogens is 1. The van der Waals surface area contributed by atoms with Crippen molar-refractivity contribution in [3.05, 3.63) is 34.1 Å². The summed E-state index contributed by atoms with van der Waals surface area (Å²) in [6.45, 7) is -0.998. The summed E-state index contributed by atoms with van der Waals surface area (Å²) in [5, 5.41) is 18.8. The van der Waals surface area contributed by atoms with Crippen LogP contribution in [0.4, 0.5) is 10.1 Å². The summed E-state index contributed by atoms with van der Waals surface area (Å²) in [4.78, 5) is 24.0. The number of nitrogens with zero attached hydrogens (tertiary/aromatic N) is 1. The van der Waals surface area contributed by atoms with Gasteiger partial charge in [0.05, 0.1) is 4.92 Å². The number of hydrogen-bond donors (Lipinski definition) is 2. The number of benzene rings is 1. The van der Waals surface area contributed by atoms with Gasteiger partial charge >= 0.3 is 11.7 Å². The van der Waals surface area contributed by atoms with Crippen LogP contribution < -0.4 is 4.89 Å². The van der Waals surface area contributed by atoms with Gasteiger partial charge in [-0.05, 0) is 12.1 Å². The average molecular weight is 294 g/mol. The molecule has 0 bridgehead atoms. The van der Waals surface area contributed by atoms with Crippen LogP contribution in [-0.2, 0) is 19.7 Å². The second-order valence-corrected chi connectivity index (χ2v) is 4.73. The Hall–Kier alpha value is -2.11. The summed E-state index contributed by atoms with van der Waals surface area (Å²) >= 11 is 0. The summed E-state index contributed by atoms with van der Waals surface area (Å²) in [5.74, 6) is -2.80. The first-order valence-electron chi connectivity index (χ1n) is 4.54. The number of carbonyl (C=O) groups is 1. The van der Waals surface area contributed by atoms with Crippen LogP contribution >= 0.6 is 0 Å². The standard InChI is InChI=1S/C8H7FN2O7S/c9-5-2-1-3-6(8(5)11(14)15)19(16,17)10-18-4-7(12)13/h1-3,10H,4H2,(H,12,13). The van der Waals surface area contributed by atoms with Crippen molar-refractivity contribution in [1.29, 1.82) is 0 Å². The zero-order valence-electron chi connectivity index (χ0n) is 9.07. The first-order valence-corrected chi connectivity index (χ1v) is 6.02. The first kappa shape index (κ1) is 14.9. The average Bonchev–Trinajstić information content (AvgIpc) is 2.27. The van der Waals surface area contributed by atoms with E-state index in [-0.39, 0.29) is 0 Å². The van der Waals surface area contributed by atoms with E-state index in [9.17, 15) is 27.7 Å². The van der Waals surface area contributed by atoms with Gasteiger partial charge in [0.2, 0.25) is 5.82 Å². The third-order valence-electron chi connectivity index (χ3n) is 1.79. The number of carboxylic acid groups (broad SMARTS) is 1. The number of nitro groups is 1. The fourth-order valence-corrected chi connectivity index (χ4v) is 2.09. The molecule has 104 valence electrons. The van der Waals surface area contributed by atoms with Gasteiger partial charge in [0.25, 0.3) is 10.0 Å². The molecule has 9 nitrogen and oxygen atoms in total. The molecule has 0 saturated carbocycles. The Morgan fingerprint density at radius 3 is 2.68 bits per heavy atom. The second-order valence-electron chi connectivity index (χ2n) is 3.11. The molecule has 0 aliphatic carbocycles. The number of sulfonamides is 1. The Labute approximate surface area is 105 Å². The van der Waals surface area contributed by atoms with Crippen LogP contribution in [0, 0.1) is 15.9 Å².